The van der Waals surface area contributed by atoms with Crippen molar-refractivity contribution in [3.8, 4) is 0 Å². The van der Waals surface area contributed by atoms with Gasteiger partial charge < -0.3 is 5.32 Å². The van der Waals surface area contributed by atoms with Gasteiger partial charge in [0.1, 0.15) is 0 Å². The zero-order chi connectivity index (χ0) is 9.68. The Labute approximate surface area is 88.0 Å². The molecular formula is C9H17BrN2O. The van der Waals surface area contributed by atoms with Crippen molar-refractivity contribution in [2.45, 2.75) is 25.8 Å². The highest BCUT2D eigenvalue weighted by Crippen LogP contribution is 2.26. The smallest absolute Gasteiger partial charge is 0.216 e. The van der Waals surface area contributed by atoms with Gasteiger partial charge in [0.2, 0.25) is 5.91 Å². The van der Waals surface area contributed by atoms with Crippen molar-refractivity contribution in [2.24, 2.45) is 0 Å². The molecule has 1 aliphatic rings. The average molecular weight is 249 g/mol. The summed E-state index contributed by atoms with van der Waals surface area (Å²) in [5.74, 6) is 0.0644. The zero-order valence-electron chi connectivity index (χ0n) is 8.05. The summed E-state index contributed by atoms with van der Waals surface area (Å²) in [4.78, 5) is 13.1. The van der Waals surface area contributed by atoms with Gasteiger partial charge in [-0.2, -0.15) is 0 Å². The summed E-state index contributed by atoms with van der Waals surface area (Å²) in [6.45, 7) is 4.41. The van der Waals surface area contributed by atoms with Gasteiger partial charge in [-0.3, -0.25) is 9.69 Å². The number of rotatable bonds is 6. The molecule has 3 nitrogen and oxygen atoms in total. The summed E-state index contributed by atoms with van der Waals surface area (Å²) in [6.07, 6.45) is 2.65. The predicted molar refractivity (Wildman–Crippen MR) is 57.1 cm³/mol. The van der Waals surface area contributed by atoms with Gasteiger partial charge in [-0.05, 0) is 12.8 Å². The third-order valence-corrected chi connectivity index (χ3v) is 2.56. The first-order valence-electron chi connectivity index (χ1n) is 4.78. The van der Waals surface area contributed by atoms with Gasteiger partial charge in [0.15, 0.2) is 0 Å². The summed E-state index contributed by atoms with van der Waals surface area (Å²) in [6, 6.07) is 0.784. The largest absolute Gasteiger partial charge is 0.355 e. The lowest BCUT2D eigenvalue weighted by Crippen LogP contribution is -2.36. The minimum absolute atomic E-state index is 0.0644. The van der Waals surface area contributed by atoms with Crippen molar-refractivity contribution >= 4 is 21.8 Å². The summed E-state index contributed by atoms with van der Waals surface area (Å²) < 4.78 is 0. The molecule has 0 heterocycles. The Balaban J connectivity index is 2.10. The Kier molecular flexibility index (Phi) is 4.73. The van der Waals surface area contributed by atoms with Gasteiger partial charge in [0.25, 0.3) is 0 Å². The normalized spacial score (nSPS) is 16.2. The van der Waals surface area contributed by atoms with Crippen LogP contribution in [0, 0.1) is 0 Å². The lowest BCUT2D eigenvalue weighted by Gasteiger charge is -2.20. The molecule has 0 aliphatic heterocycles. The Bertz CT molecular complexity index is 171. The SMILES string of the molecule is CC(=O)NCCN(CCBr)C1CC1. The number of carbonyl (C=O) groups is 1. The molecule has 1 fully saturated rings. The number of nitrogens with zero attached hydrogens (tertiary/aromatic N) is 1. The summed E-state index contributed by atoms with van der Waals surface area (Å²) in [5, 5.41) is 3.84. The topological polar surface area (TPSA) is 32.3 Å². The second kappa shape index (κ2) is 5.60. The molecule has 0 saturated heterocycles. The third kappa shape index (κ3) is 4.62. The summed E-state index contributed by atoms with van der Waals surface area (Å²) in [5.41, 5.74) is 0. The van der Waals surface area contributed by atoms with Crippen molar-refractivity contribution in [1.29, 1.82) is 0 Å². The summed E-state index contributed by atoms with van der Waals surface area (Å²) >= 11 is 3.44. The van der Waals surface area contributed by atoms with Gasteiger partial charge in [-0.1, -0.05) is 15.9 Å². The lowest BCUT2D eigenvalue weighted by molar-refractivity contribution is -0.119. The highest BCUT2D eigenvalue weighted by atomic mass is 79.9. The van der Waals surface area contributed by atoms with Crippen LogP contribution in [0.15, 0.2) is 0 Å². The third-order valence-electron chi connectivity index (χ3n) is 2.21. The maximum absolute atomic E-state index is 10.6. The van der Waals surface area contributed by atoms with E-state index in [2.05, 4.69) is 26.1 Å². The molecule has 1 rings (SSSR count). The van der Waals surface area contributed by atoms with E-state index >= 15 is 0 Å². The first-order chi connectivity index (χ1) is 6.24. The highest BCUT2D eigenvalue weighted by Gasteiger charge is 2.27. The molecule has 13 heavy (non-hydrogen) atoms. The standard InChI is InChI=1S/C9H17BrN2O/c1-8(13)11-5-7-12(6-4-10)9-2-3-9/h9H,2-7H2,1H3,(H,11,13). The Morgan fingerprint density at radius 1 is 1.54 bits per heavy atom. The molecule has 1 aliphatic carbocycles. The molecule has 0 radical (unpaired) electrons. The van der Waals surface area contributed by atoms with Crippen molar-refractivity contribution in [1.82, 2.24) is 10.2 Å². The maximum atomic E-state index is 10.6. The van der Waals surface area contributed by atoms with Gasteiger partial charge in [-0.25, -0.2) is 0 Å². The number of hydrogen-bond acceptors (Lipinski definition) is 2. The molecule has 4 heteroatoms. The van der Waals surface area contributed by atoms with Crippen LogP contribution in [0.1, 0.15) is 19.8 Å². The minimum Gasteiger partial charge on any atom is -0.355 e. The van der Waals surface area contributed by atoms with Gasteiger partial charge in [0.05, 0.1) is 0 Å². The van der Waals surface area contributed by atoms with E-state index in [0.717, 1.165) is 31.0 Å². The molecule has 0 bridgehead atoms. The quantitative estimate of drug-likeness (QED) is 0.712. The number of hydrogen-bond donors (Lipinski definition) is 1. The fourth-order valence-electron chi connectivity index (χ4n) is 1.40. The first kappa shape index (κ1) is 11.0. The maximum Gasteiger partial charge on any atom is 0.216 e. The van der Waals surface area contributed by atoms with Crippen LogP contribution >= 0.6 is 15.9 Å². The van der Waals surface area contributed by atoms with Crippen LogP contribution in [0.4, 0.5) is 0 Å². The van der Waals surface area contributed by atoms with E-state index in [0.29, 0.717) is 0 Å². The monoisotopic (exact) mass is 248 g/mol. The van der Waals surface area contributed by atoms with Crippen LogP contribution in [0.5, 0.6) is 0 Å². The van der Waals surface area contributed by atoms with Gasteiger partial charge in [0, 0.05) is 37.9 Å². The molecule has 0 aromatic heterocycles. The van der Waals surface area contributed by atoms with Crippen molar-refractivity contribution in [3.63, 3.8) is 0 Å². The van der Waals surface area contributed by atoms with E-state index in [4.69, 9.17) is 0 Å². The zero-order valence-corrected chi connectivity index (χ0v) is 9.64. The predicted octanol–water partition coefficient (Wildman–Crippen LogP) is 0.982. The Morgan fingerprint density at radius 2 is 2.23 bits per heavy atom. The van der Waals surface area contributed by atoms with Crippen LogP contribution in [0.2, 0.25) is 0 Å². The van der Waals surface area contributed by atoms with Crippen molar-refractivity contribution < 1.29 is 4.79 Å². The van der Waals surface area contributed by atoms with E-state index in [1.165, 1.54) is 12.8 Å². The van der Waals surface area contributed by atoms with E-state index in [9.17, 15) is 4.79 Å². The molecular weight excluding hydrogens is 232 g/mol. The van der Waals surface area contributed by atoms with Crippen LogP contribution in [-0.4, -0.2) is 41.8 Å². The van der Waals surface area contributed by atoms with Crippen LogP contribution in [-0.2, 0) is 4.79 Å². The lowest BCUT2D eigenvalue weighted by atomic mass is 10.4. The molecule has 76 valence electrons. The summed E-state index contributed by atoms with van der Waals surface area (Å²) in [7, 11) is 0. The van der Waals surface area contributed by atoms with Crippen molar-refractivity contribution in [2.75, 3.05) is 25.0 Å². The molecule has 1 saturated carbocycles. The van der Waals surface area contributed by atoms with E-state index in [1.807, 2.05) is 0 Å². The molecule has 1 amide bonds. The van der Waals surface area contributed by atoms with Crippen LogP contribution in [0.3, 0.4) is 0 Å². The molecule has 0 spiro atoms. The second-order valence-corrected chi connectivity index (χ2v) is 4.23. The van der Waals surface area contributed by atoms with Gasteiger partial charge >= 0.3 is 0 Å². The number of halogens is 1. The Morgan fingerprint density at radius 3 is 2.69 bits per heavy atom. The van der Waals surface area contributed by atoms with E-state index in [-0.39, 0.29) is 5.91 Å². The highest BCUT2D eigenvalue weighted by molar-refractivity contribution is 9.09. The molecule has 1 N–H and O–H groups in total. The number of carbonyl (C=O) groups excluding carboxylic acids is 1. The number of alkyl halides is 1. The molecule has 0 aromatic carbocycles. The van der Waals surface area contributed by atoms with Crippen molar-refractivity contribution in [3.05, 3.63) is 0 Å². The minimum atomic E-state index is 0.0644. The average Bonchev–Trinajstić information content (AvgIpc) is 2.84. The number of amides is 1. The van der Waals surface area contributed by atoms with Crippen LogP contribution in [0.25, 0.3) is 0 Å². The second-order valence-electron chi connectivity index (χ2n) is 3.44. The molecule has 0 unspecified atom stereocenters. The fraction of sp³-hybridized carbons (Fsp3) is 0.889. The van der Waals surface area contributed by atoms with E-state index in [1.54, 1.807) is 6.92 Å². The van der Waals surface area contributed by atoms with E-state index < -0.39 is 0 Å². The Hall–Kier alpha value is -0.0900. The van der Waals surface area contributed by atoms with Crippen LogP contribution < -0.4 is 5.32 Å². The number of nitrogens with one attached hydrogen (secondary N) is 1. The molecule has 0 atom stereocenters. The molecule has 0 aromatic rings. The van der Waals surface area contributed by atoms with Gasteiger partial charge in [-0.15, -0.1) is 0 Å². The first-order valence-corrected chi connectivity index (χ1v) is 5.90. The fourth-order valence-corrected chi connectivity index (χ4v) is 1.86.